The Bertz CT molecular complexity index is 1970. The highest BCUT2D eigenvalue weighted by Crippen LogP contribution is 2.40. The van der Waals surface area contributed by atoms with Crippen molar-refractivity contribution in [3.63, 3.8) is 0 Å². The van der Waals surface area contributed by atoms with Crippen LogP contribution in [0.4, 0.5) is 0 Å². The van der Waals surface area contributed by atoms with Crippen LogP contribution in [0.1, 0.15) is 120 Å². The fraction of sp³-hybridized carbons (Fsp3) is 0.778. The van der Waals surface area contributed by atoms with Crippen molar-refractivity contribution in [1.82, 2.24) is 9.80 Å². The summed E-state index contributed by atoms with van der Waals surface area (Å²) in [6.45, 7) is 17.3. The first-order chi connectivity index (χ1) is 35.4. The van der Waals surface area contributed by atoms with E-state index in [1.807, 2.05) is 37.3 Å². The van der Waals surface area contributed by atoms with Crippen molar-refractivity contribution in [1.29, 1.82) is 0 Å². The van der Waals surface area contributed by atoms with Crippen molar-refractivity contribution in [3.05, 3.63) is 35.9 Å². The van der Waals surface area contributed by atoms with E-state index >= 15 is 0 Å². The van der Waals surface area contributed by atoms with Gasteiger partial charge in [0.1, 0.15) is 30.5 Å². The summed E-state index contributed by atoms with van der Waals surface area (Å²) in [5.74, 6) is -4.59. The first-order valence-electron chi connectivity index (χ1n) is 26.2. The number of nitrogens with zero attached hydrogens (tertiary/aromatic N) is 2. The summed E-state index contributed by atoms with van der Waals surface area (Å²) >= 11 is 0. The molecule has 3 saturated heterocycles. The van der Waals surface area contributed by atoms with E-state index in [2.05, 4.69) is 4.90 Å². The summed E-state index contributed by atoms with van der Waals surface area (Å²) in [5, 5.41) is 0. The van der Waals surface area contributed by atoms with Crippen LogP contribution in [-0.2, 0) is 96.9 Å². The molecule has 3 aliphatic heterocycles. The van der Waals surface area contributed by atoms with Crippen molar-refractivity contribution >= 4 is 35.8 Å². The summed E-state index contributed by atoms with van der Waals surface area (Å²) in [6, 6.07) is 9.05. The van der Waals surface area contributed by atoms with Gasteiger partial charge in [-0.25, -0.2) is 0 Å². The van der Waals surface area contributed by atoms with Gasteiger partial charge in [-0.05, 0) is 72.0 Å². The second-order valence-corrected chi connectivity index (χ2v) is 20.4. The van der Waals surface area contributed by atoms with Crippen LogP contribution in [0.25, 0.3) is 0 Å². The zero-order valence-corrected chi connectivity index (χ0v) is 46.8. The van der Waals surface area contributed by atoms with E-state index < -0.39 is 146 Å². The lowest BCUT2D eigenvalue weighted by atomic mass is 9.81. The number of likely N-dealkylation sites (N-methyl/N-ethyl adjacent to an activating group) is 1. The minimum Gasteiger partial charge on any atom is -0.463 e. The molecule has 75 heavy (non-hydrogen) atoms. The molecule has 0 bridgehead atoms. The Hall–Kier alpha value is -4.32. The van der Waals surface area contributed by atoms with Gasteiger partial charge in [0.05, 0.1) is 30.8 Å². The zero-order valence-electron chi connectivity index (χ0n) is 46.8. The quantitative estimate of drug-likeness (QED) is 0.0974. The van der Waals surface area contributed by atoms with Crippen molar-refractivity contribution < 1.29 is 90.3 Å². The number of rotatable bonds is 19. The van der Waals surface area contributed by atoms with Gasteiger partial charge in [-0.3, -0.25) is 33.7 Å². The monoisotopic (exact) mass is 1070 g/mol. The van der Waals surface area contributed by atoms with Crippen molar-refractivity contribution in [3.8, 4) is 0 Å². The van der Waals surface area contributed by atoms with Gasteiger partial charge in [-0.1, -0.05) is 51.1 Å². The molecule has 0 aromatic heterocycles. The molecule has 0 radical (unpaired) electrons. The van der Waals surface area contributed by atoms with E-state index in [0.717, 1.165) is 5.56 Å². The largest absolute Gasteiger partial charge is 0.463 e. The van der Waals surface area contributed by atoms with E-state index in [4.69, 9.17) is 61.6 Å². The summed E-state index contributed by atoms with van der Waals surface area (Å²) in [4.78, 5) is 82.8. The number of ether oxygens (including phenoxy) is 13. The molecule has 21 nitrogen and oxygen atoms in total. The number of cyclic esters (lactones) is 1. The number of carbonyl (C=O) groups excluding carboxylic acids is 6. The molecular formula is C54H86N2O19. The fourth-order valence-electron chi connectivity index (χ4n) is 10.5. The van der Waals surface area contributed by atoms with E-state index in [1.54, 1.807) is 60.5 Å². The van der Waals surface area contributed by atoms with Gasteiger partial charge >= 0.3 is 35.8 Å². The summed E-state index contributed by atoms with van der Waals surface area (Å²) in [5.41, 5.74) is -0.331. The van der Waals surface area contributed by atoms with Crippen LogP contribution in [0.3, 0.4) is 0 Å². The predicted molar refractivity (Wildman–Crippen MR) is 269 cm³/mol. The van der Waals surface area contributed by atoms with Crippen LogP contribution in [0.2, 0.25) is 0 Å². The standard InChI is InChI=1S/C54H86N2O19/c1-16-42(60)71-40-27-44(62)66-32(4)23-24-56(29-38-21-19-18-20-22-38)30-41(69-35(7)57)31(3)25-39(26-45(63-13)64-14)49(50(40)65-15)74-53-51(70-36(8)58)47(55(11)12)48(33(5)68-53)73-46-28-54(10,75-37(9)59)52(34(6)67-46)72-43(61)17-2/h18-22,31-34,39-41,45-53H,16-17,23-30H2,1-15H3/t31-,32-,33-,34+,39-,40-,41+,46+,47+,48-,49+,50+,51-,52+,53+,54-/m1/s1. The Kier molecular flexibility index (Phi) is 25.3. The second-order valence-electron chi connectivity index (χ2n) is 20.4. The van der Waals surface area contributed by atoms with Crippen molar-refractivity contribution in [2.75, 3.05) is 48.5 Å². The maximum Gasteiger partial charge on any atom is 0.309 e. The molecule has 0 spiro atoms. The Morgan fingerprint density at radius 1 is 0.773 bits per heavy atom. The third kappa shape index (κ3) is 18.7. The molecule has 3 heterocycles. The Labute approximate surface area is 443 Å². The van der Waals surface area contributed by atoms with E-state index in [0.29, 0.717) is 26.1 Å². The lowest BCUT2D eigenvalue weighted by Gasteiger charge is -2.51. The number of hydrogen-bond acceptors (Lipinski definition) is 21. The SMILES string of the molecule is CCC(=O)O[C@@H]1CC(=O)O[C@H](C)CCN(Cc2ccccc2)C[C@H](OC(C)=O)[C@H](C)C[C@H](CC(OC)OC)[C@H](O[C@@H]2O[C@H](C)[C@@H](O[C@H]3C[C@@](C)(OC(C)=O)[C@@H](OC(=O)CC)[C@H](C)O3)[C@H](N(C)C)[C@H]2OC(C)=O)[C@H]1OC. The molecule has 0 saturated carbocycles. The molecule has 21 heteroatoms. The lowest BCUT2D eigenvalue weighted by molar-refractivity contribution is -0.346. The smallest absolute Gasteiger partial charge is 0.309 e. The normalized spacial score (nSPS) is 33.6. The Morgan fingerprint density at radius 3 is 1.99 bits per heavy atom. The molecule has 1 aromatic rings. The van der Waals surface area contributed by atoms with Gasteiger partial charge in [0.2, 0.25) is 0 Å². The number of benzene rings is 1. The van der Waals surface area contributed by atoms with Gasteiger partial charge in [0.15, 0.2) is 36.7 Å². The first-order valence-corrected chi connectivity index (χ1v) is 26.2. The Balaban J connectivity index is 1.89. The molecule has 0 amide bonds. The van der Waals surface area contributed by atoms with E-state index in [-0.39, 0.29) is 32.1 Å². The highest BCUT2D eigenvalue weighted by molar-refractivity contribution is 5.73. The number of methoxy groups -OCH3 is 3. The third-order valence-corrected chi connectivity index (χ3v) is 14.0. The molecule has 3 fully saturated rings. The lowest BCUT2D eigenvalue weighted by Crippen LogP contribution is -2.67. The highest BCUT2D eigenvalue weighted by Gasteiger charge is 2.56. The van der Waals surface area contributed by atoms with Crippen LogP contribution >= 0.6 is 0 Å². The average Bonchev–Trinajstić information content (AvgIpc) is 3.33. The van der Waals surface area contributed by atoms with Crippen LogP contribution in [0.5, 0.6) is 0 Å². The van der Waals surface area contributed by atoms with Gasteiger partial charge < -0.3 is 66.5 Å². The molecule has 0 N–H and O–H groups in total. The van der Waals surface area contributed by atoms with E-state index in [9.17, 15) is 28.8 Å². The topological polar surface area (TPSA) is 229 Å². The average molecular weight is 1070 g/mol. The predicted octanol–water partition coefficient (Wildman–Crippen LogP) is 5.29. The van der Waals surface area contributed by atoms with Crippen LogP contribution in [0, 0.1) is 11.8 Å². The van der Waals surface area contributed by atoms with Crippen molar-refractivity contribution in [2.45, 2.75) is 212 Å². The van der Waals surface area contributed by atoms with Gasteiger partial charge in [0.25, 0.3) is 0 Å². The first kappa shape index (κ1) is 63.2. The van der Waals surface area contributed by atoms with E-state index in [1.165, 1.54) is 42.1 Å². The fourth-order valence-corrected chi connectivity index (χ4v) is 10.5. The van der Waals surface area contributed by atoms with Gasteiger partial charge in [-0.15, -0.1) is 0 Å². The maximum atomic E-state index is 14.1. The second kappa shape index (κ2) is 30.0. The molecule has 426 valence electrons. The summed E-state index contributed by atoms with van der Waals surface area (Å²) < 4.78 is 81.1. The minimum atomic E-state index is -1.39. The molecule has 0 unspecified atom stereocenters. The summed E-state index contributed by atoms with van der Waals surface area (Å²) in [6.07, 6.45) is -12.5. The minimum absolute atomic E-state index is 0.0289. The molecule has 1 aromatic carbocycles. The van der Waals surface area contributed by atoms with Crippen LogP contribution in [-0.4, -0.2) is 186 Å². The van der Waals surface area contributed by atoms with Crippen LogP contribution < -0.4 is 0 Å². The molecule has 3 aliphatic rings. The number of hydrogen-bond donors (Lipinski definition) is 0. The number of carbonyl (C=O) groups is 6. The van der Waals surface area contributed by atoms with Crippen LogP contribution in [0.15, 0.2) is 30.3 Å². The van der Waals surface area contributed by atoms with Gasteiger partial charge in [0, 0.05) is 87.4 Å². The highest BCUT2D eigenvalue weighted by atomic mass is 16.7. The zero-order chi connectivity index (χ0) is 55.7. The number of esters is 6. The van der Waals surface area contributed by atoms with Gasteiger partial charge in [-0.2, -0.15) is 0 Å². The Morgan fingerprint density at radius 2 is 1.41 bits per heavy atom. The maximum absolute atomic E-state index is 14.1. The molecule has 16 atom stereocenters. The third-order valence-electron chi connectivity index (χ3n) is 14.0. The molecule has 4 rings (SSSR count). The summed E-state index contributed by atoms with van der Waals surface area (Å²) in [7, 11) is 7.95. The van der Waals surface area contributed by atoms with Crippen molar-refractivity contribution in [2.24, 2.45) is 11.8 Å². The molecular weight excluding hydrogens is 981 g/mol. The molecule has 0 aliphatic carbocycles.